The molecule has 1 N–H and O–H groups in total. The van der Waals surface area contributed by atoms with Crippen molar-refractivity contribution in [2.45, 2.75) is 19.4 Å². The van der Waals surface area contributed by atoms with E-state index in [4.69, 9.17) is 11.6 Å². The molecule has 1 atom stereocenters. The highest BCUT2D eigenvalue weighted by Crippen LogP contribution is 2.28. The van der Waals surface area contributed by atoms with Gasteiger partial charge >= 0.3 is 0 Å². The van der Waals surface area contributed by atoms with Crippen LogP contribution in [0.1, 0.15) is 23.0 Å². The zero-order valence-electron chi connectivity index (χ0n) is 11.5. The molecule has 0 aliphatic rings. The van der Waals surface area contributed by atoms with Crippen molar-refractivity contribution in [2.24, 2.45) is 7.05 Å². The summed E-state index contributed by atoms with van der Waals surface area (Å²) in [6.07, 6.45) is 0.632. The summed E-state index contributed by atoms with van der Waals surface area (Å²) in [4.78, 5) is 0. The zero-order valence-corrected chi connectivity index (χ0v) is 13.9. The largest absolute Gasteiger partial charge is 0.313 e. The number of hydrogen-bond acceptors (Lipinski definition) is 2. The Morgan fingerprint density at radius 2 is 2.20 bits per heavy atom. The number of nitrogens with one attached hydrogen (secondary N) is 1. The van der Waals surface area contributed by atoms with E-state index in [1.165, 1.54) is 6.07 Å². The molecule has 0 amide bonds. The second kappa shape index (κ2) is 6.24. The molecular formula is C14H16BrClFN3. The minimum absolute atomic E-state index is 0.140. The van der Waals surface area contributed by atoms with Crippen LogP contribution in [-0.4, -0.2) is 16.8 Å². The van der Waals surface area contributed by atoms with Crippen LogP contribution in [0.3, 0.4) is 0 Å². The fraction of sp³-hybridized carbons (Fsp3) is 0.357. The molecule has 1 aromatic heterocycles. The number of aromatic nitrogens is 2. The van der Waals surface area contributed by atoms with Gasteiger partial charge in [-0.1, -0.05) is 17.7 Å². The summed E-state index contributed by atoms with van der Waals surface area (Å²) in [5, 5.41) is 7.90. The van der Waals surface area contributed by atoms with E-state index in [1.807, 2.05) is 25.7 Å². The molecule has 1 heterocycles. The number of nitrogens with zero attached hydrogens (tertiary/aromatic N) is 2. The fourth-order valence-corrected chi connectivity index (χ4v) is 2.90. The van der Waals surface area contributed by atoms with Crippen molar-refractivity contribution in [3.05, 3.63) is 50.5 Å². The van der Waals surface area contributed by atoms with Gasteiger partial charge in [0.25, 0.3) is 0 Å². The lowest BCUT2D eigenvalue weighted by atomic mass is 10.0. The molecule has 0 bridgehead atoms. The summed E-state index contributed by atoms with van der Waals surface area (Å²) >= 11 is 9.33. The molecule has 0 radical (unpaired) electrons. The Kier molecular flexibility index (Phi) is 4.83. The molecule has 0 fully saturated rings. The maximum absolute atomic E-state index is 14.0. The lowest BCUT2D eigenvalue weighted by molar-refractivity contribution is 0.519. The quantitative estimate of drug-likeness (QED) is 0.899. The van der Waals surface area contributed by atoms with Crippen LogP contribution >= 0.6 is 27.5 Å². The number of hydrogen-bond donors (Lipinski definition) is 1. The van der Waals surface area contributed by atoms with Crippen molar-refractivity contribution in [3.8, 4) is 0 Å². The standard InChI is InChI=1S/C14H16BrClFN3/c1-8-14(15)13(20(3)19-8)7-12(18-2)10-5-4-9(16)6-11(10)17/h4-6,12,18H,7H2,1-3H3. The fourth-order valence-electron chi connectivity index (χ4n) is 2.25. The van der Waals surface area contributed by atoms with Gasteiger partial charge in [-0.15, -0.1) is 0 Å². The predicted molar refractivity (Wildman–Crippen MR) is 82.6 cm³/mol. The SMILES string of the molecule is CNC(Cc1c(Br)c(C)nn1C)c1ccc(Cl)cc1F. The van der Waals surface area contributed by atoms with Crippen molar-refractivity contribution >= 4 is 27.5 Å². The first-order chi connectivity index (χ1) is 9.43. The number of benzene rings is 1. The van der Waals surface area contributed by atoms with Crippen molar-refractivity contribution in [3.63, 3.8) is 0 Å². The summed E-state index contributed by atoms with van der Waals surface area (Å²) in [7, 11) is 3.70. The summed E-state index contributed by atoms with van der Waals surface area (Å²) in [5.41, 5.74) is 2.55. The number of aryl methyl sites for hydroxylation is 2. The Morgan fingerprint density at radius 1 is 1.50 bits per heavy atom. The van der Waals surface area contributed by atoms with Crippen molar-refractivity contribution in [1.29, 1.82) is 0 Å². The molecule has 2 rings (SSSR count). The van der Waals surface area contributed by atoms with Gasteiger partial charge in [-0.2, -0.15) is 5.10 Å². The molecule has 6 heteroatoms. The first-order valence-corrected chi connectivity index (χ1v) is 7.41. The van der Waals surface area contributed by atoms with Crippen LogP contribution in [0.5, 0.6) is 0 Å². The Balaban J connectivity index is 2.33. The van der Waals surface area contributed by atoms with Gasteiger partial charge in [0.05, 0.1) is 15.9 Å². The van der Waals surface area contributed by atoms with Crippen LogP contribution in [-0.2, 0) is 13.5 Å². The minimum Gasteiger partial charge on any atom is -0.313 e. The van der Waals surface area contributed by atoms with E-state index in [0.29, 0.717) is 17.0 Å². The number of rotatable bonds is 4. The molecule has 108 valence electrons. The smallest absolute Gasteiger partial charge is 0.129 e. The molecule has 1 unspecified atom stereocenters. The Morgan fingerprint density at radius 3 is 2.70 bits per heavy atom. The third kappa shape index (κ3) is 3.05. The summed E-state index contributed by atoms with van der Waals surface area (Å²) in [6, 6.07) is 4.62. The van der Waals surface area contributed by atoms with Gasteiger partial charge in [0.15, 0.2) is 0 Å². The third-order valence-electron chi connectivity index (χ3n) is 3.35. The molecule has 0 aliphatic carbocycles. The monoisotopic (exact) mass is 359 g/mol. The van der Waals surface area contributed by atoms with E-state index < -0.39 is 0 Å². The Labute approximate surface area is 131 Å². The predicted octanol–water partition coefficient (Wildman–Crippen LogP) is 3.79. The number of halogens is 3. The molecule has 0 aliphatic heterocycles. The van der Waals surface area contributed by atoms with Crippen molar-refractivity contribution in [2.75, 3.05) is 7.05 Å². The van der Waals surface area contributed by atoms with Crippen LogP contribution in [0.4, 0.5) is 4.39 Å². The van der Waals surface area contributed by atoms with E-state index in [2.05, 4.69) is 26.3 Å². The van der Waals surface area contributed by atoms with Gasteiger partial charge in [0, 0.05) is 30.1 Å². The molecule has 0 saturated carbocycles. The van der Waals surface area contributed by atoms with E-state index >= 15 is 0 Å². The highest BCUT2D eigenvalue weighted by atomic mass is 79.9. The molecular weight excluding hydrogens is 345 g/mol. The first kappa shape index (κ1) is 15.5. The highest BCUT2D eigenvalue weighted by Gasteiger charge is 2.19. The average molecular weight is 361 g/mol. The maximum Gasteiger partial charge on any atom is 0.129 e. The lowest BCUT2D eigenvalue weighted by Crippen LogP contribution is -2.21. The molecule has 0 spiro atoms. The maximum atomic E-state index is 14.0. The third-order valence-corrected chi connectivity index (χ3v) is 4.61. The minimum atomic E-state index is -0.299. The average Bonchev–Trinajstić information content (AvgIpc) is 2.62. The van der Waals surface area contributed by atoms with E-state index in [-0.39, 0.29) is 11.9 Å². The zero-order chi connectivity index (χ0) is 14.9. The highest BCUT2D eigenvalue weighted by molar-refractivity contribution is 9.10. The van der Waals surface area contributed by atoms with E-state index in [0.717, 1.165) is 15.9 Å². The molecule has 20 heavy (non-hydrogen) atoms. The van der Waals surface area contributed by atoms with Crippen LogP contribution in [0.2, 0.25) is 5.02 Å². The summed E-state index contributed by atoms with van der Waals surface area (Å²) < 4.78 is 16.8. The topological polar surface area (TPSA) is 29.9 Å². The van der Waals surface area contributed by atoms with E-state index in [1.54, 1.807) is 12.1 Å². The second-order valence-electron chi connectivity index (χ2n) is 4.68. The molecule has 1 aromatic carbocycles. The van der Waals surface area contributed by atoms with Gasteiger partial charge in [0.2, 0.25) is 0 Å². The molecule has 3 nitrogen and oxygen atoms in total. The Bertz CT molecular complexity index is 627. The van der Waals surface area contributed by atoms with Crippen LogP contribution < -0.4 is 5.32 Å². The van der Waals surface area contributed by atoms with Gasteiger partial charge < -0.3 is 5.32 Å². The second-order valence-corrected chi connectivity index (χ2v) is 5.91. The van der Waals surface area contributed by atoms with Gasteiger partial charge in [0.1, 0.15) is 5.82 Å². The van der Waals surface area contributed by atoms with E-state index in [9.17, 15) is 4.39 Å². The van der Waals surface area contributed by atoms with Crippen LogP contribution in [0.15, 0.2) is 22.7 Å². The van der Waals surface area contributed by atoms with Gasteiger partial charge in [-0.25, -0.2) is 4.39 Å². The van der Waals surface area contributed by atoms with Gasteiger partial charge in [-0.05, 0) is 42.0 Å². The Hall–Kier alpha value is -0.910. The first-order valence-electron chi connectivity index (χ1n) is 6.24. The van der Waals surface area contributed by atoms with Gasteiger partial charge in [-0.3, -0.25) is 4.68 Å². The number of likely N-dealkylation sites (N-methyl/N-ethyl adjacent to an activating group) is 1. The van der Waals surface area contributed by atoms with Crippen molar-refractivity contribution in [1.82, 2.24) is 15.1 Å². The molecule has 0 saturated heterocycles. The summed E-state index contributed by atoms with van der Waals surface area (Å²) in [5.74, 6) is -0.299. The lowest BCUT2D eigenvalue weighted by Gasteiger charge is -2.18. The normalized spacial score (nSPS) is 12.7. The van der Waals surface area contributed by atoms with Crippen LogP contribution in [0, 0.1) is 12.7 Å². The van der Waals surface area contributed by atoms with Crippen molar-refractivity contribution < 1.29 is 4.39 Å². The van der Waals surface area contributed by atoms with Crippen LogP contribution in [0.25, 0.3) is 0 Å². The molecule has 2 aromatic rings. The summed E-state index contributed by atoms with van der Waals surface area (Å²) in [6.45, 7) is 1.94.